The number of hydrogen-bond donors (Lipinski definition) is 2. The van der Waals surface area contributed by atoms with Crippen LogP contribution in [0.1, 0.15) is 12.0 Å². The first-order valence-electron chi connectivity index (χ1n) is 9.88. The van der Waals surface area contributed by atoms with Gasteiger partial charge in [-0.2, -0.15) is 0 Å². The fourth-order valence-corrected chi connectivity index (χ4v) is 3.92. The molecule has 0 aliphatic carbocycles. The Morgan fingerprint density at radius 3 is 2.39 bits per heavy atom. The van der Waals surface area contributed by atoms with Crippen LogP contribution in [0.4, 0.5) is 10.8 Å². The number of hydrogen-bond acceptors (Lipinski definition) is 5. The Bertz CT molecular complexity index is 1120. The van der Waals surface area contributed by atoms with Crippen molar-refractivity contribution < 1.29 is 14.3 Å². The smallest absolute Gasteiger partial charge is 0.264 e. The number of amides is 2. The minimum atomic E-state index is -0.280. The van der Waals surface area contributed by atoms with E-state index in [0.29, 0.717) is 29.4 Å². The molecule has 31 heavy (non-hydrogen) atoms. The van der Waals surface area contributed by atoms with Crippen molar-refractivity contribution in [3.63, 3.8) is 0 Å². The number of ether oxygens (including phenoxy) is 1. The topological polar surface area (TPSA) is 80.3 Å². The summed E-state index contributed by atoms with van der Waals surface area (Å²) >= 11 is 1.35. The fraction of sp³-hybridized carbons (Fsp3) is 0.125. The number of aryl methyl sites for hydroxylation is 1. The predicted molar refractivity (Wildman–Crippen MR) is 124 cm³/mol. The van der Waals surface area contributed by atoms with Crippen molar-refractivity contribution >= 4 is 44.2 Å². The molecule has 0 aliphatic rings. The summed E-state index contributed by atoms with van der Waals surface area (Å²) in [6.07, 6.45) is 1.10. The molecule has 0 fully saturated rings. The first kappa shape index (κ1) is 20.6. The van der Waals surface area contributed by atoms with E-state index in [1.807, 2.05) is 66.7 Å². The monoisotopic (exact) mass is 431 g/mol. The average Bonchev–Trinajstić information content (AvgIpc) is 3.19. The van der Waals surface area contributed by atoms with E-state index in [-0.39, 0.29) is 18.4 Å². The van der Waals surface area contributed by atoms with E-state index in [1.165, 1.54) is 11.3 Å². The molecule has 156 valence electrons. The molecule has 1 aromatic heterocycles. The van der Waals surface area contributed by atoms with Crippen molar-refractivity contribution in [1.82, 2.24) is 4.98 Å². The number of nitrogens with one attached hydrogen (secondary N) is 2. The third kappa shape index (κ3) is 5.90. The summed E-state index contributed by atoms with van der Waals surface area (Å²) in [6.45, 7) is -0.0946. The van der Waals surface area contributed by atoms with Crippen molar-refractivity contribution in [1.29, 1.82) is 0 Å². The van der Waals surface area contributed by atoms with E-state index < -0.39 is 0 Å². The second-order valence-electron chi connectivity index (χ2n) is 6.89. The Kier molecular flexibility index (Phi) is 6.54. The minimum Gasteiger partial charge on any atom is -0.484 e. The fourth-order valence-electron chi connectivity index (χ4n) is 3.00. The number of nitrogens with zero attached hydrogens (tertiary/aromatic N) is 1. The van der Waals surface area contributed by atoms with Crippen LogP contribution < -0.4 is 15.4 Å². The number of anilines is 2. The lowest BCUT2D eigenvalue weighted by atomic mass is 10.1. The zero-order valence-corrected chi connectivity index (χ0v) is 17.5. The Hall–Kier alpha value is -3.71. The Morgan fingerprint density at radius 1 is 0.871 bits per heavy atom. The van der Waals surface area contributed by atoms with Gasteiger partial charge in [-0.15, -0.1) is 0 Å². The van der Waals surface area contributed by atoms with Crippen LogP contribution in [0.3, 0.4) is 0 Å². The molecule has 0 bridgehead atoms. The van der Waals surface area contributed by atoms with Crippen LogP contribution >= 0.6 is 11.3 Å². The highest BCUT2D eigenvalue weighted by molar-refractivity contribution is 7.22. The maximum absolute atomic E-state index is 12.3. The molecule has 0 atom stereocenters. The van der Waals surface area contributed by atoms with Crippen molar-refractivity contribution in [2.24, 2.45) is 0 Å². The van der Waals surface area contributed by atoms with E-state index in [4.69, 9.17) is 4.74 Å². The van der Waals surface area contributed by atoms with E-state index in [2.05, 4.69) is 15.6 Å². The molecule has 0 saturated heterocycles. The average molecular weight is 432 g/mol. The highest BCUT2D eigenvalue weighted by Crippen LogP contribution is 2.28. The standard InChI is InChI=1S/C24H21N3O3S/c28-22(14-11-17-7-3-1-4-8-17)25-18-12-13-20-21(15-18)31-24(26-20)27-23(29)16-30-19-9-5-2-6-10-19/h1-10,12-13,15H,11,14,16H2,(H,25,28)(H,26,27,29). The molecule has 0 radical (unpaired) electrons. The van der Waals surface area contributed by atoms with E-state index >= 15 is 0 Å². The van der Waals surface area contributed by atoms with Crippen LogP contribution in [0.15, 0.2) is 78.9 Å². The lowest BCUT2D eigenvalue weighted by Gasteiger charge is -2.05. The summed E-state index contributed by atoms with van der Waals surface area (Å²) in [5, 5.41) is 6.17. The second kappa shape index (κ2) is 9.86. The largest absolute Gasteiger partial charge is 0.484 e. The SMILES string of the molecule is O=C(CCc1ccccc1)Nc1ccc2nc(NC(=O)COc3ccccc3)sc2c1. The summed E-state index contributed by atoms with van der Waals surface area (Å²) < 4.78 is 6.32. The summed E-state index contributed by atoms with van der Waals surface area (Å²) in [5.41, 5.74) is 2.60. The van der Waals surface area contributed by atoms with Crippen molar-refractivity contribution in [3.8, 4) is 5.75 Å². The summed E-state index contributed by atoms with van der Waals surface area (Å²) in [6, 6.07) is 24.6. The van der Waals surface area contributed by atoms with Crippen LogP contribution in [0.25, 0.3) is 10.2 Å². The molecule has 0 unspecified atom stereocenters. The maximum Gasteiger partial charge on any atom is 0.264 e. The van der Waals surface area contributed by atoms with Crippen molar-refractivity contribution in [2.45, 2.75) is 12.8 Å². The molecule has 7 heteroatoms. The van der Waals surface area contributed by atoms with Crippen molar-refractivity contribution in [3.05, 3.63) is 84.4 Å². The molecule has 4 rings (SSSR count). The van der Waals surface area contributed by atoms with Gasteiger partial charge in [0.05, 0.1) is 10.2 Å². The molecule has 6 nitrogen and oxygen atoms in total. The number of benzene rings is 3. The third-order valence-electron chi connectivity index (χ3n) is 4.52. The van der Waals surface area contributed by atoms with Gasteiger partial charge in [-0.3, -0.25) is 14.9 Å². The predicted octanol–water partition coefficient (Wildman–Crippen LogP) is 4.89. The zero-order valence-electron chi connectivity index (χ0n) is 16.7. The Morgan fingerprint density at radius 2 is 1.61 bits per heavy atom. The van der Waals surface area contributed by atoms with Gasteiger partial charge in [0.1, 0.15) is 5.75 Å². The molecule has 1 heterocycles. The number of para-hydroxylation sites is 1. The van der Waals surface area contributed by atoms with Crippen LogP contribution in [-0.4, -0.2) is 23.4 Å². The van der Waals surface area contributed by atoms with E-state index in [1.54, 1.807) is 12.1 Å². The molecule has 4 aromatic rings. The molecule has 0 aliphatic heterocycles. The van der Waals surface area contributed by atoms with Crippen LogP contribution in [0.2, 0.25) is 0 Å². The number of aromatic nitrogens is 1. The highest BCUT2D eigenvalue weighted by atomic mass is 32.1. The van der Waals surface area contributed by atoms with Gasteiger partial charge in [0.15, 0.2) is 11.7 Å². The second-order valence-corrected chi connectivity index (χ2v) is 7.92. The van der Waals surface area contributed by atoms with Gasteiger partial charge in [-0.25, -0.2) is 4.98 Å². The number of fused-ring (bicyclic) bond motifs is 1. The number of rotatable bonds is 8. The molecule has 0 saturated carbocycles. The normalized spacial score (nSPS) is 10.6. The first-order valence-corrected chi connectivity index (χ1v) is 10.7. The molecule has 3 aromatic carbocycles. The minimum absolute atomic E-state index is 0.0423. The Balaban J connectivity index is 1.32. The lowest BCUT2D eigenvalue weighted by molar-refractivity contribution is -0.118. The van der Waals surface area contributed by atoms with E-state index in [0.717, 1.165) is 15.8 Å². The summed E-state index contributed by atoms with van der Waals surface area (Å²) in [5.74, 6) is 0.311. The van der Waals surface area contributed by atoms with Gasteiger partial charge in [0.2, 0.25) is 5.91 Å². The zero-order chi connectivity index (χ0) is 21.5. The third-order valence-corrected chi connectivity index (χ3v) is 5.45. The van der Waals surface area contributed by atoms with Gasteiger partial charge < -0.3 is 10.1 Å². The van der Waals surface area contributed by atoms with Crippen molar-refractivity contribution in [2.75, 3.05) is 17.2 Å². The number of carbonyl (C=O) groups is 2. The van der Waals surface area contributed by atoms with Crippen LogP contribution in [-0.2, 0) is 16.0 Å². The van der Waals surface area contributed by atoms with Gasteiger partial charge in [0.25, 0.3) is 5.91 Å². The first-order chi connectivity index (χ1) is 15.2. The Labute approximate surface area is 183 Å². The van der Waals surface area contributed by atoms with Gasteiger partial charge >= 0.3 is 0 Å². The highest BCUT2D eigenvalue weighted by Gasteiger charge is 2.10. The molecular weight excluding hydrogens is 410 g/mol. The molecular formula is C24H21N3O3S. The molecule has 0 spiro atoms. The molecule has 2 amide bonds. The lowest BCUT2D eigenvalue weighted by Crippen LogP contribution is -2.19. The van der Waals surface area contributed by atoms with Gasteiger partial charge in [-0.05, 0) is 42.3 Å². The summed E-state index contributed by atoms with van der Waals surface area (Å²) in [4.78, 5) is 28.8. The number of thiazole rings is 1. The molecule has 2 N–H and O–H groups in total. The summed E-state index contributed by atoms with van der Waals surface area (Å²) in [7, 11) is 0. The quantitative estimate of drug-likeness (QED) is 0.416. The van der Waals surface area contributed by atoms with Crippen LogP contribution in [0, 0.1) is 0 Å². The van der Waals surface area contributed by atoms with Gasteiger partial charge in [-0.1, -0.05) is 59.9 Å². The van der Waals surface area contributed by atoms with E-state index in [9.17, 15) is 9.59 Å². The van der Waals surface area contributed by atoms with Crippen LogP contribution in [0.5, 0.6) is 5.75 Å². The number of carbonyl (C=O) groups excluding carboxylic acids is 2. The van der Waals surface area contributed by atoms with Gasteiger partial charge in [0, 0.05) is 12.1 Å². The maximum atomic E-state index is 12.3.